The monoisotopic (exact) mass is 254 g/mol. The van der Waals surface area contributed by atoms with Gasteiger partial charge in [-0.3, -0.25) is 0 Å². The third kappa shape index (κ3) is 2.63. The molecule has 0 radical (unpaired) electrons. The van der Waals surface area contributed by atoms with Crippen molar-refractivity contribution in [3.05, 3.63) is 54.1 Å². The van der Waals surface area contributed by atoms with Gasteiger partial charge >= 0.3 is 0 Å². The lowest BCUT2D eigenvalue weighted by atomic mass is 10.00. The molecule has 98 valence electrons. The van der Waals surface area contributed by atoms with E-state index in [2.05, 4.69) is 43.8 Å². The Morgan fingerprint density at radius 2 is 1.68 bits per heavy atom. The van der Waals surface area contributed by atoms with E-state index in [0.717, 1.165) is 28.2 Å². The lowest BCUT2D eigenvalue weighted by Crippen LogP contribution is -1.94. The Hall–Kier alpha value is -2.22. The molecular weight excluding hydrogens is 236 g/mol. The number of hydrogen-bond donors (Lipinski definition) is 0. The largest absolute Gasteiger partial charge is 0.493 e. The lowest BCUT2D eigenvalue weighted by molar-refractivity contribution is 0.356. The molecule has 0 heterocycles. The molecule has 2 aromatic carbocycles. The molecule has 0 atom stereocenters. The van der Waals surface area contributed by atoms with Crippen LogP contribution in [0.5, 0.6) is 11.5 Å². The summed E-state index contributed by atoms with van der Waals surface area (Å²) in [6, 6.07) is 12.3. The van der Waals surface area contributed by atoms with Gasteiger partial charge in [-0.05, 0) is 30.2 Å². The van der Waals surface area contributed by atoms with Crippen molar-refractivity contribution < 1.29 is 9.47 Å². The van der Waals surface area contributed by atoms with Crippen LogP contribution in [0.3, 0.4) is 0 Å². The smallest absolute Gasteiger partial charge is 0.168 e. The average Bonchev–Trinajstić information content (AvgIpc) is 2.46. The summed E-state index contributed by atoms with van der Waals surface area (Å²) in [6.45, 7) is 5.89. The van der Waals surface area contributed by atoms with Crippen LogP contribution in [0.1, 0.15) is 11.1 Å². The first-order chi connectivity index (χ1) is 9.19. The lowest BCUT2D eigenvalue weighted by Gasteiger charge is -2.14. The van der Waals surface area contributed by atoms with Gasteiger partial charge in [0.2, 0.25) is 0 Å². The van der Waals surface area contributed by atoms with Gasteiger partial charge in [-0.1, -0.05) is 42.5 Å². The van der Waals surface area contributed by atoms with Gasteiger partial charge < -0.3 is 9.47 Å². The van der Waals surface area contributed by atoms with E-state index in [9.17, 15) is 0 Å². The van der Waals surface area contributed by atoms with Crippen LogP contribution >= 0.6 is 0 Å². The van der Waals surface area contributed by atoms with Crippen molar-refractivity contribution in [2.45, 2.75) is 6.92 Å². The standard InChI is InChI=1S/C17H18O2/c1-5-13-10-15(14-8-6-12(2)7-9-14)17(19-4)16(11-13)18-3/h5-11H,1H2,2-4H3. The van der Waals surface area contributed by atoms with Crippen molar-refractivity contribution in [2.24, 2.45) is 0 Å². The summed E-state index contributed by atoms with van der Waals surface area (Å²) in [5, 5.41) is 0. The van der Waals surface area contributed by atoms with Gasteiger partial charge in [0.15, 0.2) is 11.5 Å². The summed E-state index contributed by atoms with van der Waals surface area (Å²) in [5.74, 6) is 1.47. The summed E-state index contributed by atoms with van der Waals surface area (Å²) >= 11 is 0. The van der Waals surface area contributed by atoms with E-state index in [1.54, 1.807) is 20.3 Å². The Bertz CT molecular complexity index is 583. The number of methoxy groups -OCH3 is 2. The zero-order valence-electron chi connectivity index (χ0n) is 11.6. The minimum Gasteiger partial charge on any atom is -0.493 e. The molecule has 0 bridgehead atoms. The molecule has 0 saturated carbocycles. The number of rotatable bonds is 4. The van der Waals surface area contributed by atoms with Gasteiger partial charge in [-0.2, -0.15) is 0 Å². The molecule has 2 heteroatoms. The van der Waals surface area contributed by atoms with Crippen LogP contribution in [0, 0.1) is 6.92 Å². The highest BCUT2D eigenvalue weighted by Gasteiger charge is 2.13. The van der Waals surface area contributed by atoms with Crippen LogP contribution in [0.25, 0.3) is 17.2 Å². The Balaban J connectivity index is 2.65. The fourth-order valence-electron chi connectivity index (χ4n) is 2.05. The Morgan fingerprint density at radius 1 is 1.00 bits per heavy atom. The van der Waals surface area contributed by atoms with E-state index >= 15 is 0 Å². The zero-order valence-corrected chi connectivity index (χ0v) is 11.6. The first kappa shape index (κ1) is 13.2. The third-order valence-electron chi connectivity index (χ3n) is 3.10. The molecule has 0 fully saturated rings. The quantitative estimate of drug-likeness (QED) is 0.808. The number of hydrogen-bond acceptors (Lipinski definition) is 2. The molecule has 19 heavy (non-hydrogen) atoms. The van der Waals surface area contributed by atoms with Crippen molar-refractivity contribution in [3.63, 3.8) is 0 Å². The average molecular weight is 254 g/mol. The van der Waals surface area contributed by atoms with Crippen LogP contribution in [-0.2, 0) is 0 Å². The van der Waals surface area contributed by atoms with Crippen molar-refractivity contribution >= 4 is 6.08 Å². The summed E-state index contributed by atoms with van der Waals surface area (Å²) in [7, 11) is 3.30. The maximum atomic E-state index is 5.49. The highest BCUT2D eigenvalue weighted by Crippen LogP contribution is 2.39. The van der Waals surface area contributed by atoms with Crippen LogP contribution in [-0.4, -0.2) is 14.2 Å². The van der Waals surface area contributed by atoms with E-state index in [4.69, 9.17) is 9.47 Å². The van der Waals surface area contributed by atoms with Crippen LogP contribution in [0.4, 0.5) is 0 Å². The van der Waals surface area contributed by atoms with Crippen molar-refractivity contribution in [1.29, 1.82) is 0 Å². The molecule has 2 rings (SSSR count). The minimum absolute atomic E-state index is 0.718. The Morgan fingerprint density at radius 3 is 2.21 bits per heavy atom. The van der Waals surface area contributed by atoms with Gasteiger partial charge in [0.1, 0.15) is 0 Å². The summed E-state index contributed by atoms with van der Waals surface area (Å²) in [6.07, 6.45) is 1.81. The van der Waals surface area contributed by atoms with Crippen molar-refractivity contribution in [2.75, 3.05) is 14.2 Å². The Kier molecular flexibility index (Phi) is 3.91. The molecule has 2 nitrogen and oxygen atoms in total. The van der Waals surface area contributed by atoms with Gasteiger partial charge in [-0.25, -0.2) is 0 Å². The molecular formula is C17H18O2. The van der Waals surface area contributed by atoms with E-state index in [1.165, 1.54) is 5.56 Å². The zero-order chi connectivity index (χ0) is 13.8. The number of aryl methyl sites for hydroxylation is 1. The maximum absolute atomic E-state index is 5.49. The topological polar surface area (TPSA) is 18.5 Å². The third-order valence-corrected chi connectivity index (χ3v) is 3.10. The van der Waals surface area contributed by atoms with Gasteiger partial charge in [0.25, 0.3) is 0 Å². The van der Waals surface area contributed by atoms with E-state index in [1.807, 2.05) is 6.07 Å². The van der Waals surface area contributed by atoms with E-state index in [-0.39, 0.29) is 0 Å². The molecule has 0 saturated heterocycles. The first-order valence-electron chi connectivity index (χ1n) is 6.15. The SMILES string of the molecule is C=Cc1cc(OC)c(OC)c(-c2ccc(C)cc2)c1. The highest BCUT2D eigenvalue weighted by atomic mass is 16.5. The molecule has 0 aromatic heterocycles. The Labute approximate surface area is 114 Å². The second-order valence-electron chi connectivity index (χ2n) is 4.37. The molecule has 0 amide bonds. The summed E-state index contributed by atoms with van der Waals surface area (Å²) < 4.78 is 10.9. The molecule has 0 unspecified atom stereocenters. The first-order valence-corrected chi connectivity index (χ1v) is 6.15. The second-order valence-corrected chi connectivity index (χ2v) is 4.37. The fourth-order valence-corrected chi connectivity index (χ4v) is 2.05. The van der Waals surface area contributed by atoms with Gasteiger partial charge in [0.05, 0.1) is 14.2 Å². The molecule has 0 aliphatic heterocycles. The molecule has 0 N–H and O–H groups in total. The highest BCUT2D eigenvalue weighted by molar-refractivity contribution is 5.77. The second kappa shape index (κ2) is 5.61. The molecule has 0 aliphatic rings. The molecule has 0 aliphatic carbocycles. The van der Waals surface area contributed by atoms with Gasteiger partial charge in [0, 0.05) is 5.56 Å². The van der Waals surface area contributed by atoms with Crippen LogP contribution in [0.15, 0.2) is 43.0 Å². The number of benzene rings is 2. The van der Waals surface area contributed by atoms with Crippen molar-refractivity contribution in [1.82, 2.24) is 0 Å². The predicted molar refractivity (Wildman–Crippen MR) is 79.8 cm³/mol. The predicted octanol–water partition coefficient (Wildman–Crippen LogP) is 4.32. The molecule has 2 aromatic rings. The molecule has 0 spiro atoms. The van der Waals surface area contributed by atoms with Crippen LogP contribution < -0.4 is 9.47 Å². The van der Waals surface area contributed by atoms with Crippen molar-refractivity contribution in [3.8, 4) is 22.6 Å². The van der Waals surface area contributed by atoms with Gasteiger partial charge in [-0.15, -0.1) is 0 Å². The summed E-state index contributed by atoms with van der Waals surface area (Å²) in [4.78, 5) is 0. The van der Waals surface area contributed by atoms with E-state index < -0.39 is 0 Å². The fraction of sp³-hybridized carbons (Fsp3) is 0.176. The van der Waals surface area contributed by atoms with E-state index in [0.29, 0.717) is 0 Å². The maximum Gasteiger partial charge on any atom is 0.168 e. The minimum atomic E-state index is 0.718. The number of ether oxygens (including phenoxy) is 2. The summed E-state index contributed by atoms with van der Waals surface area (Å²) in [5.41, 5.74) is 4.35. The van der Waals surface area contributed by atoms with Crippen LogP contribution in [0.2, 0.25) is 0 Å². The normalized spacial score (nSPS) is 10.1.